The SMILES string of the molecule is COC(=O)[C@@H](NC(=O)c1ccc(C#CC#Cc2ccc(N)cc2)cc1)C(C)(C)NC(=O)OC(C)(C)C. The number of nitrogen functional groups attached to an aromatic ring is 1. The second-order valence-corrected chi connectivity index (χ2v) is 9.48. The van der Waals surface area contributed by atoms with E-state index >= 15 is 0 Å². The van der Waals surface area contributed by atoms with Crippen LogP contribution in [0.1, 0.15) is 56.1 Å². The average molecular weight is 490 g/mol. The summed E-state index contributed by atoms with van der Waals surface area (Å²) in [5.41, 5.74) is 6.14. The first kappa shape index (κ1) is 27.8. The number of benzene rings is 2. The number of anilines is 1. The van der Waals surface area contributed by atoms with Crippen LogP contribution in [0.4, 0.5) is 10.5 Å². The predicted molar refractivity (Wildman–Crippen MR) is 138 cm³/mol. The number of amides is 2. The lowest BCUT2D eigenvalue weighted by Gasteiger charge is -2.34. The Labute approximate surface area is 211 Å². The fourth-order valence-electron chi connectivity index (χ4n) is 2.98. The molecule has 1 atom stereocenters. The Balaban J connectivity index is 2.10. The van der Waals surface area contributed by atoms with Gasteiger partial charge in [-0.1, -0.05) is 11.8 Å². The number of alkyl carbamates (subject to hydrolysis) is 1. The van der Waals surface area contributed by atoms with Crippen molar-refractivity contribution in [1.82, 2.24) is 10.6 Å². The zero-order valence-corrected chi connectivity index (χ0v) is 21.3. The molecule has 4 N–H and O–H groups in total. The van der Waals surface area contributed by atoms with E-state index in [0.717, 1.165) is 5.56 Å². The van der Waals surface area contributed by atoms with Crippen molar-refractivity contribution in [2.24, 2.45) is 0 Å². The molecule has 8 nitrogen and oxygen atoms in total. The van der Waals surface area contributed by atoms with Crippen molar-refractivity contribution in [2.45, 2.75) is 51.8 Å². The molecule has 0 unspecified atom stereocenters. The van der Waals surface area contributed by atoms with Gasteiger partial charge in [0, 0.05) is 22.4 Å². The van der Waals surface area contributed by atoms with Gasteiger partial charge in [0.2, 0.25) is 0 Å². The van der Waals surface area contributed by atoms with Crippen LogP contribution in [0.3, 0.4) is 0 Å². The number of nitrogens with two attached hydrogens (primary N) is 1. The molecule has 8 heteroatoms. The second-order valence-electron chi connectivity index (χ2n) is 9.48. The molecule has 0 saturated heterocycles. The summed E-state index contributed by atoms with van der Waals surface area (Å²) in [7, 11) is 1.20. The molecule has 2 amide bonds. The molecule has 0 heterocycles. The molecule has 0 aliphatic heterocycles. The van der Waals surface area contributed by atoms with Crippen LogP contribution in [-0.2, 0) is 14.3 Å². The molecule has 0 aliphatic carbocycles. The van der Waals surface area contributed by atoms with Crippen LogP contribution in [0.25, 0.3) is 0 Å². The molecule has 2 aromatic carbocycles. The van der Waals surface area contributed by atoms with Gasteiger partial charge in [0.05, 0.1) is 12.6 Å². The highest BCUT2D eigenvalue weighted by Crippen LogP contribution is 2.15. The number of ether oxygens (including phenoxy) is 2. The number of methoxy groups -OCH3 is 1. The Kier molecular flexibility index (Phi) is 9.13. The van der Waals surface area contributed by atoms with E-state index in [-0.39, 0.29) is 0 Å². The fourth-order valence-corrected chi connectivity index (χ4v) is 2.98. The van der Waals surface area contributed by atoms with Gasteiger partial charge < -0.3 is 25.8 Å². The van der Waals surface area contributed by atoms with Crippen molar-refractivity contribution in [2.75, 3.05) is 12.8 Å². The fraction of sp³-hybridized carbons (Fsp3) is 0.321. The molecular weight excluding hydrogens is 458 g/mol. The summed E-state index contributed by atoms with van der Waals surface area (Å²) in [4.78, 5) is 37.6. The van der Waals surface area contributed by atoms with Gasteiger partial charge in [0.25, 0.3) is 5.91 Å². The van der Waals surface area contributed by atoms with Crippen molar-refractivity contribution >= 4 is 23.7 Å². The van der Waals surface area contributed by atoms with Crippen LogP contribution in [0, 0.1) is 23.7 Å². The standard InChI is InChI=1S/C28H31N3O5/c1-27(2,3)36-26(34)31-28(4,5)23(25(33)35-6)30-24(32)21-15-11-19(12-16-21)9-7-8-10-20-13-17-22(29)18-14-20/h11-18,23H,29H2,1-6H3,(H,30,32)(H,31,34)/t23-/m1/s1. The topological polar surface area (TPSA) is 120 Å². The first-order chi connectivity index (χ1) is 16.8. The summed E-state index contributed by atoms with van der Waals surface area (Å²) in [5.74, 6) is 10.1. The number of carbonyl (C=O) groups is 3. The lowest BCUT2D eigenvalue weighted by Crippen LogP contribution is -2.62. The number of nitrogens with one attached hydrogen (secondary N) is 2. The first-order valence-electron chi connectivity index (χ1n) is 11.2. The monoisotopic (exact) mass is 489 g/mol. The normalized spacial score (nSPS) is 11.5. The van der Waals surface area contributed by atoms with Gasteiger partial charge in [-0.05, 0) is 95.0 Å². The molecule has 2 aromatic rings. The number of rotatable bonds is 5. The predicted octanol–water partition coefficient (Wildman–Crippen LogP) is 3.25. The van der Waals surface area contributed by atoms with E-state index in [1.54, 1.807) is 71.0 Å². The quantitative estimate of drug-likeness (QED) is 0.337. The van der Waals surface area contributed by atoms with Crippen molar-refractivity contribution in [3.8, 4) is 23.7 Å². The van der Waals surface area contributed by atoms with Crippen molar-refractivity contribution in [3.63, 3.8) is 0 Å². The third kappa shape index (κ3) is 8.73. The molecule has 188 valence electrons. The summed E-state index contributed by atoms with van der Waals surface area (Å²) < 4.78 is 10.1. The largest absolute Gasteiger partial charge is 0.467 e. The third-order valence-electron chi connectivity index (χ3n) is 4.79. The van der Waals surface area contributed by atoms with Gasteiger partial charge in [0.1, 0.15) is 11.6 Å². The summed E-state index contributed by atoms with van der Waals surface area (Å²) in [6.45, 7) is 8.34. The molecule has 36 heavy (non-hydrogen) atoms. The molecule has 0 bridgehead atoms. The maximum Gasteiger partial charge on any atom is 0.408 e. The molecule has 2 rings (SSSR count). The molecule has 0 saturated carbocycles. The highest BCUT2D eigenvalue weighted by atomic mass is 16.6. The van der Waals surface area contributed by atoms with E-state index in [0.29, 0.717) is 16.8 Å². The number of carbonyl (C=O) groups excluding carboxylic acids is 3. The highest BCUT2D eigenvalue weighted by Gasteiger charge is 2.39. The number of hydrogen-bond donors (Lipinski definition) is 3. The smallest absolute Gasteiger partial charge is 0.408 e. The lowest BCUT2D eigenvalue weighted by molar-refractivity contribution is -0.144. The Morgan fingerprint density at radius 2 is 1.36 bits per heavy atom. The van der Waals surface area contributed by atoms with E-state index < -0.39 is 35.2 Å². The zero-order valence-electron chi connectivity index (χ0n) is 21.3. The van der Waals surface area contributed by atoms with Gasteiger partial charge in [-0.25, -0.2) is 9.59 Å². The summed E-state index contributed by atoms with van der Waals surface area (Å²) in [5, 5.41) is 5.26. The molecule has 0 radical (unpaired) electrons. The van der Waals surface area contributed by atoms with Gasteiger partial charge in [-0.3, -0.25) is 4.79 Å². The third-order valence-corrected chi connectivity index (χ3v) is 4.79. The Bertz CT molecular complexity index is 1220. The van der Waals surface area contributed by atoms with Crippen molar-refractivity contribution in [3.05, 3.63) is 65.2 Å². The van der Waals surface area contributed by atoms with Crippen molar-refractivity contribution < 1.29 is 23.9 Å². The second kappa shape index (κ2) is 11.8. The van der Waals surface area contributed by atoms with E-state index in [2.05, 4.69) is 34.3 Å². The zero-order chi connectivity index (χ0) is 26.9. The summed E-state index contributed by atoms with van der Waals surface area (Å²) >= 11 is 0. The maximum atomic E-state index is 12.9. The summed E-state index contributed by atoms with van der Waals surface area (Å²) in [6, 6.07) is 12.5. The van der Waals surface area contributed by atoms with Crippen LogP contribution in [-0.4, -0.2) is 42.3 Å². The van der Waals surface area contributed by atoms with E-state index in [1.807, 2.05) is 12.1 Å². The minimum absolute atomic E-state index is 0.301. The van der Waals surface area contributed by atoms with Crippen LogP contribution in [0.2, 0.25) is 0 Å². The lowest BCUT2D eigenvalue weighted by atomic mass is 9.94. The van der Waals surface area contributed by atoms with Crippen molar-refractivity contribution in [1.29, 1.82) is 0 Å². The number of hydrogen-bond acceptors (Lipinski definition) is 6. The molecule has 0 fully saturated rings. The average Bonchev–Trinajstić information content (AvgIpc) is 2.79. The minimum atomic E-state index is -1.21. The highest BCUT2D eigenvalue weighted by molar-refractivity contribution is 5.97. The van der Waals surface area contributed by atoms with Crippen LogP contribution in [0.5, 0.6) is 0 Å². The van der Waals surface area contributed by atoms with Gasteiger partial charge in [0.15, 0.2) is 0 Å². The number of esters is 1. The van der Waals surface area contributed by atoms with E-state index in [4.69, 9.17) is 15.2 Å². The van der Waals surface area contributed by atoms with E-state index in [1.165, 1.54) is 7.11 Å². The molecule has 0 aliphatic rings. The molecule has 0 spiro atoms. The van der Waals surface area contributed by atoms with Gasteiger partial charge in [-0.2, -0.15) is 0 Å². The first-order valence-corrected chi connectivity index (χ1v) is 11.2. The van der Waals surface area contributed by atoms with Gasteiger partial charge >= 0.3 is 12.1 Å². The maximum absolute atomic E-state index is 12.9. The van der Waals surface area contributed by atoms with Crippen LogP contribution < -0.4 is 16.4 Å². The Morgan fingerprint density at radius 1 is 0.861 bits per heavy atom. The van der Waals surface area contributed by atoms with Crippen LogP contribution in [0.15, 0.2) is 48.5 Å². The van der Waals surface area contributed by atoms with Crippen LogP contribution >= 0.6 is 0 Å². The van der Waals surface area contributed by atoms with Gasteiger partial charge in [-0.15, -0.1) is 0 Å². The van der Waals surface area contributed by atoms with E-state index in [9.17, 15) is 14.4 Å². The minimum Gasteiger partial charge on any atom is -0.467 e. The Hall–Kier alpha value is -4.43. The molecular formula is C28H31N3O5. The molecule has 0 aromatic heterocycles. The summed E-state index contributed by atoms with van der Waals surface area (Å²) in [6.07, 6.45) is -0.724. The Morgan fingerprint density at radius 3 is 1.83 bits per heavy atom.